The SMILES string of the molecule is CC(C)=CCC[C@]1(C)C=C[C@@H](OC(=O)C=C(C)C)[C@](C)(O)/C=C/C(=O)/C(C(=O)O)=C\C1. The third kappa shape index (κ3) is 8.89. The molecule has 1 rings (SSSR count). The number of carbonyl (C=O) groups is 3. The minimum atomic E-state index is -1.72. The predicted octanol–water partition coefficient (Wildman–Crippen LogP) is 4.46. The molecule has 0 amide bonds. The lowest BCUT2D eigenvalue weighted by Gasteiger charge is -2.29. The van der Waals surface area contributed by atoms with Gasteiger partial charge in [-0.15, -0.1) is 0 Å². The van der Waals surface area contributed by atoms with E-state index in [1.54, 1.807) is 19.9 Å². The molecule has 1 aliphatic carbocycles. The van der Waals surface area contributed by atoms with Gasteiger partial charge in [-0.1, -0.05) is 36.3 Å². The number of rotatable bonds is 6. The molecule has 6 heteroatoms. The summed E-state index contributed by atoms with van der Waals surface area (Å²) in [6.07, 6.45) is 11.1. The predicted molar refractivity (Wildman–Crippen MR) is 120 cm³/mol. The van der Waals surface area contributed by atoms with Gasteiger partial charge in [0.1, 0.15) is 11.2 Å². The molecule has 0 aromatic heterocycles. The van der Waals surface area contributed by atoms with Crippen LogP contribution in [0.4, 0.5) is 0 Å². The minimum Gasteiger partial charge on any atom is -0.478 e. The van der Waals surface area contributed by atoms with Gasteiger partial charge in [0.2, 0.25) is 0 Å². The van der Waals surface area contributed by atoms with Gasteiger partial charge in [-0.3, -0.25) is 4.79 Å². The Balaban J connectivity index is 3.46. The fourth-order valence-corrected chi connectivity index (χ4v) is 3.07. The smallest absolute Gasteiger partial charge is 0.339 e. The third-order valence-corrected chi connectivity index (χ3v) is 5.01. The number of hydrogen-bond acceptors (Lipinski definition) is 5. The van der Waals surface area contributed by atoms with E-state index in [1.165, 1.54) is 30.7 Å². The number of esters is 1. The molecule has 0 radical (unpaired) electrons. The maximum Gasteiger partial charge on any atom is 0.339 e. The number of ketones is 1. The van der Waals surface area contributed by atoms with Crippen molar-refractivity contribution in [1.29, 1.82) is 0 Å². The number of aliphatic carboxylic acids is 1. The second-order valence-corrected chi connectivity index (χ2v) is 8.96. The summed E-state index contributed by atoms with van der Waals surface area (Å²) < 4.78 is 5.48. The lowest BCUT2D eigenvalue weighted by molar-refractivity contribution is -0.148. The molecule has 0 aromatic carbocycles. The standard InChI is InChI=1S/C25H34O6/c1-17(2)8-7-12-24(5)13-9-19(23(28)29)20(26)10-15-25(6,30)21(11-14-24)31-22(27)16-18(3)4/h8-11,14-16,21,30H,7,12-13H2,1-6H3,(H,28,29)/b14-11?,15-10+,19-9+/t21-,24+,25-/m1/s1. The number of ether oxygens (including phenoxy) is 1. The summed E-state index contributed by atoms with van der Waals surface area (Å²) in [7, 11) is 0. The zero-order valence-electron chi connectivity index (χ0n) is 19.3. The van der Waals surface area contributed by atoms with Gasteiger partial charge in [0, 0.05) is 6.08 Å². The molecule has 0 saturated heterocycles. The zero-order valence-corrected chi connectivity index (χ0v) is 19.3. The first-order chi connectivity index (χ1) is 14.3. The van der Waals surface area contributed by atoms with E-state index in [1.807, 2.05) is 26.8 Å². The molecule has 0 spiro atoms. The van der Waals surface area contributed by atoms with Crippen molar-refractivity contribution in [2.45, 2.75) is 72.5 Å². The van der Waals surface area contributed by atoms with Gasteiger partial charge in [0.15, 0.2) is 11.9 Å². The van der Waals surface area contributed by atoms with Gasteiger partial charge < -0.3 is 14.9 Å². The molecule has 0 aromatic rings. The molecule has 0 aliphatic heterocycles. The Morgan fingerprint density at radius 1 is 1.16 bits per heavy atom. The van der Waals surface area contributed by atoms with Gasteiger partial charge in [0.25, 0.3) is 0 Å². The minimum absolute atomic E-state index is 0.304. The van der Waals surface area contributed by atoms with Crippen LogP contribution in [0.15, 0.2) is 59.3 Å². The first kappa shape index (κ1) is 26.3. The van der Waals surface area contributed by atoms with E-state index in [4.69, 9.17) is 4.74 Å². The molecule has 0 fully saturated rings. The van der Waals surface area contributed by atoms with Crippen LogP contribution < -0.4 is 0 Å². The van der Waals surface area contributed by atoms with Crippen molar-refractivity contribution in [2.24, 2.45) is 5.41 Å². The lowest BCUT2D eigenvalue weighted by atomic mass is 9.80. The van der Waals surface area contributed by atoms with Crippen molar-refractivity contribution < 1.29 is 29.3 Å². The molecule has 2 N–H and O–H groups in total. The molecule has 0 saturated carbocycles. The van der Waals surface area contributed by atoms with Crippen LogP contribution in [-0.2, 0) is 19.1 Å². The van der Waals surface area contributed by atoms with Crippen molar-refractivity contribution in [3.05, 3.63) is 59.3 Å². The monoisotopic (exact) mass is 430 g/mol. The van der Waals surface area contributed by atoms with Crippen LogP contribution >= 0.6 is 0 Å². The van der Waals surface area contributed by atoms with Crippen molar-refractivity contribution in [3.8, 4) is 0 Å². The van der Waals surface area contributed by atoms with Crippen LogP contribution in [-0.4, -0.2) is 39.6 Å². The van der Waals surface area contributed by atoms with Gasteiger partial charge in [-0.05, 0) is 77.5 Å². The Hall–Kier alpha value is -2.73. The number of carboxylic acids is 1. The van der Waals surface area contributed by atoms with Crippen molar-refractivity contribution in [1.82, 2.24) is 0 Å². The highest BCUT2D eigenvalue weighted by Crippen LogP contribution is 2.33. The molecule has 0 bridgehead atoms. The highest BCUT2D eigenvalue weighted by Gasteiger charge is 2.33. The number of carboxylic acid groups (broad SMARTS) is 1. The van der Waals surface area contributed by atoms with E-state index in [2.05, 4.69) is 6.08 Å². The van der Waals surface area contributed by atoms with E-state index in [0.29, 0.717) is 12.8 Å². The van der Waals surface area contributed by atoms with Crippen molar-refractivity contribution in [3.63, 3.8) is 0 Å². The normalized spacial score (nSPS) is 29.1. The first-order valence-corrected chi connectivity index (χ1v) is 10.3. The maximum atomic E-state index is 12.5. The van der Waals surface area contributed by atoms with Crippen molar-refractivity contribution in [2.75, 3.05) is 0 Å². The number of hydrogen-bond donors (Lipinski definition) is 2. The molecule has 170 valence electrons. The fraction of sp³-hybridized carbons (Fsp3) is 0.480. The van der Waals surface area contributed by atoms with Crippen LogP contribution in [0.5, 0.6) is 0 Å². The quantitative estimate of drug-likeness (QED) is 0.279. The average Bonchev–Trinajstić information content (AvgIpc) is 2.63. The van der Waals surface area contributed by atoms with Crippen LogP contribution in [0.25, 0.3) is 0 Å². The molecular formula is C25H34O6. The van der Waals surface area contributed by atoms with Gasteiger partial charge in [-0.2, -0.15) is 0 Å². The lowest BCUT2D eigenvalue weighted by Crippen LogP contribution is -2.39. The van der Waals surface area contributed by atoms with E-state index in [0.717, 1.165) is 18.1 Å². The number of carbonyl (C=O) groups excluding carboxylic acids is 2. The van der Waals surface area contributed by atoms with Gasteiger partial charge in [0.05, 0.1) is 0 Å². The van der Waals surface area contributed by atoms with E-state index >= 15 is 0 Å². The van der Waals surface area contributed by atoms with E-state index < -0.39 is 34.8 Å². The van der Waals surface area contributed by atoms with Crippen molar-refractivity contribution >= 4 is 17.7 Å². The van der Waals surface area contributed by atoms with Gasteiger partial charge >= 0.3 is 11.9 Å². The summed E-state index contributed by atoms with van der Waals surface area (Å²) in [5.74, 6) is -2.66. The average molecular weight is 431 g/mol. The fourth-order valence-electron chi connectivity index (χ4n) is 3.07. The van der Waals surface area contributed by atoms with E-state index in [9.17, 15) is 24.6 Å². The third-order valence-electron chi connectivity index (χ3n) is 5.01. The molecular weight excluding hydrogens is 396 g/mol. The Kier molecular flexibility index (Phi) is 9.38. The van der Waals surface area contributed by atoms with Crippen LogP contribution in [0, 0.1) is 5.41 Å². The highest BCUT2D eigenvalue weighted by molar-refractivity contribution is 6.21. The van der Waals surface area contributed by atoms with Crippen LogP contribution in [0.2, 0.25) is 0 Å². The first-order valence-electron chi connectivity index (χ1n) is 10.3. The Morgan fingerprint density at radius 2 is 1.81 bits per heavy atom. The molecule has 31 heavy (non-hydrogen) atoms. The summed E-state index contributed by atoms with van der Waals surface area (Å²) in [5, 5.41) is 20.4. The summed E-state index contributed by atoms with van der Waals surface area (Å²) in [4.78, 5) is 36.3. The van der Waals surface area contributed by atoms with E-state index in [-0.39, 0.29) is 5.57 Å². The second-order valence-electron chi connectivity index (χ2n) is 8.96. The highest BCUT2D eigenvalue weighted by atomic mass is 16.6. The molecule has 1 aliphatic rings. The summed E-state index contributed by atoms with van der Waals surface area (Å²) in [6.45, 7) is 10.9. The number of aliphatic hydroxyl groups is 1. The Morgan fingerprint density at radius 3 is 2.35 bits per heavy atom. The summed E-state index contributed by atoms with van der Waals surface area (Å²) >= 11 is 0. The molecule has 0 heterocycles. The van der Waals surface area contributed by atoms with Gasteiger partial charge in [-0.25, -0.2) is 9.59 Å². The number of allylic oxidation sites excluding steroid dienone is 6. The largest absolute Gasteiger partial charge is 0.478 e. The summed E-state index contributed by atoms with van der Waals surface area (Å²) in [5.41, 5.74) is -0.672. The molecule has 6 nitrogen and oxygen atoms in total. The second kappa shape index (κ2) is 11.0. The Bertz CT molecular complexity index is 845. The molecule has 0 unspecified atom stereocenters. The van der Waals surface area contributed by atoms with Crippen LogP contribution in [0.1, 0.15) is 60.8 Å². The maximum absolute atomic E-state index is 12.5. The Labute approximate surface area is 184 Å². The summed E-state index contributed by atoms with van der Waals surface area (Å²) in [6, 6.07) is 0. The topological polar surface area (TPSA) is 101 Å². The van der Waals surface area contributed by atoms with Crippen LogP contribution in [0.3, 0.4) is 0 Å². The molecule has 3 atom stereocenters. The zero-order chi connectivity index (χ0) is 23.8.